The average Bonchev–Trinajstić information content (AvgIpc) is 4.00. The van der Waals surface area contributed by atoms with Crippen LogP contribution in [0.4, 0.5) is 45.5 Å². The Morgan fingerprint density at radius 1 is 0.583 bits per heavy atom. The van der Waals surface area contributed by atoms with E-state index < -0.39 is 127 Å². The van der Waals surface area contributed by atoms with E-state index in [-0.39, 0.29) is 28.9 Å². The van der Waals surface area contributed by atoms with Crippen molar-refractivity contribution in [3.8, 4) is 4.90 Å². The molecule has 3 heterocycles. The van der Waals surface area contributed by atoms with Crippen LogP contribution in [0.5, 0.6) is 0 Å². The summed E-state index contributed by atoms with van der Waals surface area (Å²) in [5.74, 6) is 0. The lowest BCUT2D eigenvalue weighted by molar-refractivity contribution is -0.328. The maximum absolute atomic E-state index is 13.1. The maximum atomic E-state index is 13.1. The van der Waals surface area contributed by atoms with E-state index in [1.165, 1.54) is 28.6 Å². The molecule has 394 valence electrons. The highest BCUT2D eigenvalue weighted by Crippen LogP contribution is 2.48. The second-order valence-corrected chi connectivity index (χ2v) is 24.6. The summed E-state index contributed by atoms with van der Waals surface area (Å²) in [4.78, 5) is 47.8. The van der Waals surface area contributed by atoms with Crippen molar-refractivity contribution in [1.82, 2.24) is 18.4 Å². The van der Waals surface area contributed by atoms with Crippen molar-refractivity contribution in [2.45, 2.75) is 22.9 Å². The van der Waals surface area contributed by atoms with Crippen LogP contribution in [0.25, 0.3) is 25.1 Å². The number of thiophene rings is 1. The summed E-state index contributed by atoms with van der Waals surface area (Å²) in [6.45, 7) is -5.43. The van der Waals surface area contributed by atoms with E-state index in [1.807, 2.05) is 40.8 Å². The molecular formula is C40H39F6IN4O16S5. The van der Waals surface area contributed by atoms with E-state index in [1.54, 1.807) is 0 Å². The first kappa shape index (κ1) is 59.2. The molecule has 0 N–H and O–H groups in total. The van der Waals surface area contributed by atoms with Crippen LogP contribution in [0.1, 0.15) is 0 Å². The van der Waals surface area contributed by atoms with E-state index in [0.717, 1.165) is 0 Å². The topological polar surface area (TPSA) is 282 Å². The molecule has 0 bridgehead atoms. The summed E-state index contributed by atoms with van der Waals surface area (Å²) in [6.07, 6.45) is -9.28. The first-order valence-corrected chi connectivity index (χ1v) is 28.7. The second-order valence-electron chi connectivity index (χ2n) is 14.6. The zero-order valence-electron chi connectivity index (χ0n) is 36.8. The lowest BCUT2D eigenvalue weighted by Crippen LogP contribution is -3.34. The number of rotatable bonds is 11. The van der Waals surface area contributed by atoms with Gasteiger partial charge in [0.25, 0.3) is 22.6 Å². The number of amides is 6. The maximum Gasteiger partial charge on any atom is 0.418 e. The highest BCUT2D eigenvalue weighted by Gasteiger charge is 2.50. The standard InChI is InChI=1S/C18H13S.2C8H11F3N2O8S2.C6H6I/c1-2-8-14(9-3-1)19-17-12-6-4-10-15(17)16-11-5-7-13-18(16)19;2*1-22(16,17)13-3-2-12(6(13)14)7(15)21-4-5(9)8(10,11)23(18,19)20;7-6-4-2-1-3-5-6/h1-13H;2*5H,2-4H2,1H3,(H,18,19,20);1-5,7H/q+1;;;+1/p-2. The lowest BCUT2D eigenvalue weighted by Gasteiger charge is -2.23. The SMILES string of the molecule is CS(=O)(=O)N1CCN(C(=O)OCC(F)C(F)(F)S(=O)(=O)[O-])C1=O.CS(=O)(=O)N1CCN(C(=O)OCC(F)C(F)(F)S(=O)(=O)[O-])C1=O.[IH+]c1ccccc1.c1ccc(-[s+]2c3ccccc3c3ccccc32)cc1. The zero-order chi connectivity index (χ0) is 54.2. The predicted octanol–water partition coefficient (Wildman–Crippen LogP) is 2.47. The summed E-state index contributed by atoms with van der Waals surface area (Å²) < 4.78 is 196. The van der Waals surface area contributed by atoms with Gasteiger partial charge in [-0.1, -0.05) is 60.7 Å². The van der Waals surface area contributed by atoms with Crippen LogP contribution in [-0.2, 0) is 49.8 Å². The Bertz CT molecular complexity index is 3060. The molecule has 20 nitrogen and oxygen atoms in total. The predicted molar refractivity (Wildman–Crippen MR) is 241 cm³/mol. The number of carbonyl (C=O) groups excluding carboxylic acids is 4. The van der Waals surface area contributed by atoms with Gasteiger partial charge in [-0.05, 0) is 48.5 Å². The minimum Gasteiger partial charge on any atom is -0.743 e. The number of halogens is 7. The van der Waals surface area contributed by atoms with E-state index >= 15 is 0 Å². The second kappa shape index (κ2) is 23.7. The van der Waals surface area contributed by atoms with Gasteiger partial charge >= 0.3 is 34.8 Å². The molecule has 2 aliphatic rings. The number of nitrogens with zero attached hydrogens (tertiary/aromatic N) is 4. The minimum atomic E-state index is -6.33. The molecule has 0 spiro atoms. The number of fused-ring (bicyclic) bond motifs is 3. The summed E-state index contributed by atoms with van der Waals surface area (Å²) >= 11 is 2.02. The number of alkyl halides is 6. The van der Waals surface area contributed by atoms with Crippen molar-refractivity contribution in [1.29, 1.82) is 0 Å². The first-order valence-electron chi connectivity index (χ1n) is 19.8. The van der Waals surface area contributed by atoms with Crippen LogP contribution in [-0.4, -0.2) is 160 Å². The summed E-state index contributed by atoms with van der Waals surface area (Å²) in [5, 5.41) is -7.88. The van der Waals surface area contributed by atoms with Crippen molar-refractivity contribution in [2.24, 2.45) is 0 Å². The van der Waals surface area contributed by atoms with Gasteiger partial charge in [-0.3, -0.25) is 0 Å². The third kappa shape index (κ3) is 14.4. The van der Waals surface area contributed by atoms with Crippen LogP contribution in [0, 0.1) is 3.57 Å². The monoisotopic (exact) mass is 1230 g/mol. The molecule has 72 heavy (non-hydrogen) atoms. The van der Waals surface area contributed by atoms with Crippen LogP contribution >= 0.6 is 10.5 Å². The number of ether oxygens (including phenoxy) is 2. The molecule has 0 saturated carbocycles. The molecule has 2 atom stereocenters. The number of hydrogen-bond acceptors (Lipinski definition) is 16. The van der Waals surface area contributed by atoms with Crippen LogP contribution in [0.15, 0.2) is 109 Å². The molecule has 0 aliphatic carbocycles. The van der Waals surface area contributed by atoms with Gasteiger partial charge in [0.1, 0.15) is 13.2 Å². The number of imide groups is 2. The lowest BCUT2D eigenvalue weighted by atomic mass is 10.2. The van der Waals surface area contributed by atoms with Gasteiger partial charge in [0.2, 0.25) is 32.4 Å². The van der Waals surface area contributed by atoms with Crippen molar-refractivity contribution in [3.63, 3.8) is 0 Å². The molecule has 5 aromatic rings. The molecule has 6 amide bonds. The smallest absolute Gasteiger partial charge is 0.418 e. The number of benzene rings is 4. The quantitative estimate of drug-likeness (QED) is 0.0795. The number of sulfonamides is 2. The molecule has 2 saturated heterocycles. The van der Waals surface area contributed by atoms with Gasteiger partial charge in [0.15, 0.2) is 38.1 Å². The molecule has 7 rings (SSSR count). The van der Waals surface area contributed by atoms with Crippen molar-refractivity contribution < 1.29 is 120 Å². The van der Waals surface area contributed by atoms with Gasteiger partial charge < -0.3 is 18.6 Å². The fourth-order valence-electron chi connectivity index (χ4n) is 6.02. The Hall–Kier alpha value is -5.39. The van der Waals surface area contributed by atoms with Gasteiger partial charge in [-0.25, -0.2) is 80.0 Å². The molecule has 2 aliphatic heterocycles. The third-order valence-corrected chi connectivity index (χ3v) is 16.7. The zero-order valence-corrected chi connectivity index (χ0v) is 43.2. The Labute approximate surface area is 423 Å². The van der Waals surface area contributed by atoms with Gasteiger partial charge in [0, 0.05) is 21.2 Å². The molecular weight excluding hydrogens is 1190 g/mol. The number of carbonyl (C=O) groups is 4. The molecule has 1 aromatic heterocycles. The largest absolute Gasteiger partial charge is 0.743 e. The van der Waals surface area contributed by atoms with Crippen molar-refractivity contribution >= 4 is 95.2 Å². The van der Waals surface area contributed by atoms with Gasteiger partial charge in [-0.15, -0.1) is 0 Å². The van der Waals surface area contributed by atoms with Crippen LogP contribution in [0.2, 0.25) is 0 Å². The fourth-order valence-corrected chi connectivity index (χ4v) is 11.2. The summed E-state index contributed by atoms with van der Waals surface area (Å²) in [7, 11) is -20.5. The molecule has 2 unspecified atom stereocenters. The minimum absolute atomic E-state index is 0.0594. The van der Waals surface area contributed by atoms with Gasteiger partial charge in [0.05, 0.1) is 38.7 Å². The molecule has 32 heteroatoms. The molecule has 2 fully saturated rings. The van der Waals surface area contributed by atoms with E-state index in [4.69, 9.17) is 0 Å². The highest BCUT2D eigenvalue weighted by atomic mass is 127. The fraction of sp³-hybridized carbons (Fsp3) is 0.300. The van der Waals surface area contributed by atoms with Crippen LogP contribution < -0.4 is 22.6 Å². The average molecular weight is 1230 g/mol. The summed E-state index contributed by atoms with van der Waals surface area (Å²) in [6, 6.07) is 36.0. The third-order valence-electron chi connectivity index (χ3n) is 9.51. The normalized spacial score (nSPS) is 15.4. The van der Waals surface area contributed by atoms with Gasteiger partial charge in [-0.2, -0.15) is 17.6 Å². The first-order chi connectivity index (χ1) is 33.2. The van der Waals surface area contributed by atoms with E-state index in [9.17, 15) is 88.3 Å². The highest BCUT2D eigenvalue weighted by molar-refractivity contribution is 7.89. The summed E-state index contributed by atoms with van der Waals surface area (Å²) in [5.41, 5.74) is 0. The Balaban J connectivity index is 0.000000219. The van der Waals surface area contributed by atoms with Crippen LogP contribution in [0.3, 0.4) is 0 Å². The molecule has 4 aromatic carbocycles. The van der Waals surface area contributed by atoms with Crippen molar-refractivity contribution in [3.05, 3.63) is 113 Å². The number of urea groups is 2. The van der Waals surface area contributed by atoms with Crippen molar-refractivity contribution in [2.75, 3.05) is 51.9 Å². The Kier molecular flexibility index (Phi) is 19.4. The Morgan fingerprint density at radius 2 is 0.903 bits per heavy atom. The molecule has 0 radical (unpaired) electrons. The van der Waals surface area contributed by atoms with E-state index in [0.29, 0.717) is 12.5 Å². The number of hydrogen-bond donors (Lipinski definition) is 0. The Morgan fingerprint density at radius 3 is 1.19 bits per heavy atom. The van der Waals surface area contributed by atoms with E-state index in [2.05, 4.69) is 100 Å².